The molecule has 4 rings (SSSR count). The van der Waals surface area contributed by atoms with Crippen molar-refractivity contribution < 1.29 is 14.3 Å². The quantitative estimate of drug-likeness (QED) is 0.721. The number of anilines is 3. The van der Waals surface area contributed by atoms with E-state index in [9.17, 15) is 4.79 Å². The molecule has 1 aliphatic heterocycles. The molecule has 0 saturated carbocycles. The SMILES string of the molecule is Cc1nc(Nc2ccc3c(c2)OCO3)cc(C(=O)Nc2cccc(C#N)c2)n1. The zero-order chi connectivity index (χ0) is 19.5. The molecule has 8 nitrogen and oxygen atoms in total. The summed E-state index contributed by atoms with van der Waals surface area (Å²) in [6.07, 6.45) is 0. The molecule has 0 unspecified atom stereocenters. The number of nitrogens with one attached hydrogen (secondary N) is 2. The lowest BCUT2D eigenvalue weighted by Crippen LogP contribution is -2.15. The molecule has 8 heteroatoms. The Morgan fingerprint density at radius 1 is 1.07 bits per heavy atom. The molecule has 138 valence electrons. The number of nitriles is 1. The van der Waals surface area contributed by atoms with Crippen molar-refractivity contribution in [2.75, 3.05) is 17.4 Å². The lowest BCUT2D eigenvalue weighted by molar-refractivity contribution is 0.102. The smallest absolute Gasteiger partial charge is 0.274 e. The number of carbonyl (C=O) groups excluding carboxylic acids is 1. The van der Waals surface area contributed by atoms with E-state index in [0.29, 0.717) is 34.4 Å². The number of nitrogens with zero attached hydrogens (tertiary/aromatic N) is 3. The van der Waals surface area contributed by atoms with E-state index < -0.39 is 5.91 Å². The van der Waals surface area contributed by atoms with Crippen molar-refractivity contribution in [3.63, 3.8) is 0 Å². The summed E-state index contributed by atoms with van der Waals surface area (Å²) in [5, 5.41) is 14.9. The van der Waals surface area contributed by atoms with E-state index in [0.717, 1.165) is 5.69 Å². The number of aryl methyl sites for hydroxylation is 1. The van der Waals surface area contributed by atoms with Crippen molar-refractivity contribution >= 4 is 23.1 Å². The first-order valence-electron chi connectivity index (χ1n) is 8.44. The summed E-state index contributed by atoms with van der Waals surface area (Å²) in [5.74, 6) is 1.86. The number of hydrogen-bond donors (Lipinski definition) is 2. The first-order chi connectivity index (χ1) is 13.6. The highest BCUT2D eigenvalue weighted by atomic mass is 16.7. The molecule has 3 aromatic rings. The van der Waals surface area contributed by atoms with Gasteiger partial charge in [-0.2, -0.15) is 5.26 Å². The van der Waals surface area contributed by atoms with Crippen LogP contribution in [0.4, 0.5) is 17.2 Å². The number of hydrogen-bond acceptors (Lipinski definition) is 7. The Morgan fingerprint density at radius 2 is 1.93 bits per heavy atom. The van der Waals surface area contributed by atoms with Gasteiger partial charge in [0.2, 0.25) is 6.79 Å². The molecular weight excluding hydrogens is 358 g/mol. The summed E-state index contributed by atoms with van der Waals surface area (Å²) in [6.45, 7) is 1.90. The second-order valence-electron chi connectivity index (χ2n) is 6.03. The lowest BCUT2D eigenvalue weighted by Gasteiger charge is -2.10. The predicted octanol–water partition coefficient (Wildman–Crippen LogP) is 3.38. The van der Waals surface area contributed by atoms with Crippen molar-refractivity contribution in [2.24, 2.45) is 0 Å². The Morgan fingerprint density at radius 3 is 2.79 bits per heavy atom. The standard InChI is InChI=1S/C20H15N5O3/c1-12-22-16(20(26)25-14-4-2-3-13(7-14)10-21)9-19(23-12)24-15-5-6-17-18(8-15)28-11-27-17/h2-9H,11H2,1H3,(H,25,26)(H,22,23,24). The number of carbonyl (C=O) groups is 1. The van der Waals surface area contributed by atoms with E-state index in [1.165, 1.54) is 0 Å². The minimum Gasteiger partial charge on any atom is -0.454 e. The summed E-state index contributed by atoms with van der Waals surface area (Å²) in [7, 11) is 0. The fourth-order valence-corrected chi connectivity index (χ4v) is 2.73. The Kier molecular flexibility index (Phi) is 4.48. The van der Waals surface area contributed by atoms with Gasteiger partial charge in [0.15, 0.2) is 11.5 Å². The van der Waals surface area contributed by atoms with Gasteiger partial charge in [0.05, 0.1) is 11.6 Å². The van der Waals surface area contributed by atoms with Crippen LogP contribution in [0.25, 0.3) is 0 Å². The summed E-state index contributed by atoms with van der Waals surface area (Å²) in [4.78, 5) is 21.1. The summed E-state index contributed by atoms with van der Waals surface area (Å²) < 4.78 is 10.7. The molecule has 1 aromatic heterocycles. The summed E-state index contributed by atoms with van der Waals surface area (Å²) in [5.41, 5.74) is 1.93. The van der Waals surface area contributed by atoms with Crippen LogP contribution in [0.5, 0.6) is 11.5 Å². The van der Waals surface area contributed by atoms with Gasteiger partial charge in [0.1, 0.15) is 17.3 Å². The van der Waals surface area contributed by atoms with Crippen LogP contribution < -0.4 is 20.1 Å². The molecular formula is C20H15N5O3. The molecule has 28 heavy (non-hydrogen) atoms. The van der Waals surface area contributed by atoms with Gasteiger partial charge in [-0.3, -0.25) is 4.79 Å². The van der Waals surface area contributed by atoms with Crippen molar-refractivity contribution in [2.45, 2.75) is 6.92 Å². The second-order valence-corrected chi connectivity index (χ2v) is 6.03. The number of aromatic nitrogens is 2. The topological polar surface area (TPSA) is 109 Å². The second kappa shape index (κ2) is 7.25. The van der Waals surface area contributed by atoms with Gasteiger partial charge >= 0.3 is 0 Å². The number of amides is 1. The van der Waals surface area contributed by atoms with Crippen molar-refractivity contribution in [3.8, 4) is 17.6 Å². The van der Waals surface area contributed by atoms with E-state index in [1.807, 2.05) is 12.1 Å². The van der Waals surface area contributed by atoms with E-state index in [-0.39, 0.29) is 12.5 Å². The maximum atomic E-state index is 12.6. The number of rotatable bonds is 4. The normalized spacial score (nSPS) is 11.6. The molecule has 0 fully saturated rings. The van der Waals surface area contributed by atoms with Crippen molar-refractivity contribution in [1.29, 1.82) is 5.26 Å². The first-order valence-corrected chi connectivity index (χ1v) is 8.44. The maximum absolute atomic E-state index is 12.6. The Labute approximate surface area is 160 Å². The van der Waals surface area contributed by atoms with E-state index >= 15 is 0 Å². The minimum absolute atomic E-state index is 0.197. The molecule has 2 N–H and O–H groups in total. The molecule has 0 bridgehead atoms. The third-order valence-electron chi connectivity index (χ3n) is 3.97. The van der Waals surface area contributed by atoms with E-state index in [4.69, 9.17) is 14.7 Å². The largest absolute Gasteiger partial charge is 0.454 e. The van der Waals surface area contributed by atoms with Gasteiger partial charge in [-0.15, -0.1) is 0 Å². The third kappa shape index (κ3) is 3.68. The van der Waals surface area contributed by atoms with Crippen molar-refractivity contribution in [3.05, 3.63) is 65.6 Å². The molecule has 0 radical (unpaired) electrons. The average Bonchev–Trinajstić information content (AvgIpc) is 3.15. The minimum atomic E-state index is -0.394. The van der Waals surface area contributed by atoms with Gasteiger partial charge in [-0.25, -0.2) is 9.97 Å². The average molecular weight is 373 g/mol. The third-order valence-corrected chi connectivity index (χ3v) is 3.97. The molecule has 1 amide bonds. The molecule has 2 aromatic carbocycles. The molecule has 2 heterocycles. The summed E-state index contributed by atoms with van der Waals surface area (Å²) in [6, 6.07) is 15.7. The van der Waals surface area contributed by atoms with Crippen LogP contribution in [-0.4, -0.2) is 22.7 Å². The molecule has 0 spiro atoms. The molecule has 0 atom stereocenters. The van der Waals surface area contributed by atoms with Gasteiger partial charge < -0.3 is 20.1 Å². The number of fused-ring (bicyclic) bond motifs is 1. The molecule has 1 aliphatic rings. The number of benzene rings is 2. The Hall–Kier alpha value is -4.12. The van der Waals surface area contributed by atoms with Crippen LogP contribution in [0, 0.1) is 18.3 Å². The highest BCUT2D eigenvalue weighted by molar-refractivity contribution is 6.03. The monoisotopic (exact) mass is 373 g/mol. The van der Waals surface area contributed by atoms with Crippen LogP contribution in [0.2, 0.25) is 0 Å². The van der Waals surface area contributed by atoms with Crippen molar-refractivity contribution in [1.82, 2.24) is 9.97 Å². The fraction of sp³-hybridized carbons (Fsp3) is 0.100. The summed E-state index contributed by atoms with van der Waals surface area (Å²) >= 11 is 0. The van der Waals surface area contributed by atoms with Crippen LogP contribution >= 0.6 is 0 Å². The van der Waals surface area contributed by atoms with Crippen LogP contribution in [0.1, 0.15) is 21.9 Å². The molecule has 0 aliphatic carbocycles. The van der Waals surface area contributed by atoms with Gasteiger partial charge in [0, 0.05) is 23.5 Å². The molecule has 0 saturated heterocycles. The highest BCUT2D eigenvalue weighted by Crippen LogP contribution is 2.34. The van der Waals surface area contributed by atoms with Crippen LogP contribution in [0.15, 0.2) is 48.5 Å². The van der Waals surface area contributed by atoms with Gasteiger partial charge in [-0.05, 0) is 37.3 Å². The fourth-order valence-electron chi connectivity index (χ4n) is 2.73. The van der Waals surface area contributed by atoms with Gasteiger partial charge in [0.25, 0.3) is 5.91 Å². The highest BCUT2D eigenvalue weighted by Gasteiger charge is 2.15. The van der Waals surface area contributed by atoms with Crippen LogP contribution in [-0.2, 0) is 0 Å². The van der Waals surface area contributed by atoms with Crippen LogP contribution in [0.3, 0.4) is 0 Å². The Balaban J connectivity index is 1.54. The number of ether oxygens (including phenoxy) is 2. The van der Waals surface area contributed by atoms with E-state index in [1.54, 1.807) is 49.4 Å². The first kappa shape index (κ1) is 17.3. The zero-order valence-corrected chi connectivity index (χ0v) is 14.9. The Bertz CT molecular complexity index is 1110. The zero-order valence-electron chi connectivity index (χ0n) is 14.9. The van der Waals surface area contributed by atoms with Gasteiger partial charge in [-0.1, -0.05) is 6.07 Å². The van der Waals surface area contributed by atoms with E-state index in [2.05, 4.69) is 20.6 Å². The lowest BCUT2D eigenvalue weighted by atomic mass is 10.2. The predicted molar refractivity (Wildman–Crippen MR) is 102 cm³/mol. The maximum Gasteiger partial charge on any atom is 0.274 e.